The molecule has 6 rings (SSSR count). The van der Waals surface area contributed by atoms with Crippen molar-refractivity contribution in [2.45, 2.75) is 56.6 Å². The van der Waals surface area contributed by atoms with E-state index in [0.717, 1.165) is 13.1 Å². The van der Waals surface area contributed by atoms with Crippen LogP contribution in [0, 0.1) is 29.6 Å². The first kappa shape index (κ1) is 25.4. The lowest BCUT2D eigenvalue weighted by molar-refractivity contribution is -0.160. The number of nitrogens with two attached hydrogens (primary N) is 1. The van der Waals surface area contributed by atoms with Crippen molar-refractivity contribution < 1.29 is 24.3 Å². The quantitative estimate of drug-likeness (QED) is 0.322. The molecule has 1 aromatic rings. The molecule has 1 saturated carbocycles. The average Bonchev–Trinajstić information content (AvgIpc) is 3.47. The van der Waals surface area contributed by atoms with Crippen LogP contribution in [0.3, 0.4) is 0 Å². The summed E-state index contributed by atoms with van der Waals surface area (Å²) in [4.78, 5) is 55.0. The Hall–Kier alpha value is -2.84. The molecule has 4 aliphatic heterocycles. The lowest BCUT2D eigenvalue weighted by atomic mass is 9.73. The highest BCUT2D eigenvalue weighted by molar-refractivity contribution is 8.03. The fourth-order valence-corrected chi connectivity index (χ4v) is 8.36. The van der Waals surface area contributed by atoms with Crippen molar-refractivity contribution in [3.8, 4) is 0 Å². The number of fused-ring (bicyclic) bond motifs is 2. The third-order valence-electron chi connectivity index (χ3n) is 8.94. The molecule has 1 aliphatic carbocycles. The topological polar surface area (TPSA) is 177 Å². The minimum Gasteiger partial charge on any atom is -0.477 e. The summed E-state index contributed by atoms with van der Waals surface area (Å²) in [5, 5.41) is 24.1. The van der Waals surface area contributed by atoms with Gasteiger partial charge < -0.3 is 26.0 Å². The molecule has 8 atom stereocenters. The molecular weight excluding hydrogens is 512 g/mol. The highest BCUT2D eigenvalue weighted by Gasteiger charge is 2.60. The number of piperidine rings is 1. The third kappa shape index (κ3) is 4.13. The van der Waals surface area contributed by atoms with E-state index in [0.29, 0.717) is 29.7 Å². The van der Waals surface area contributed by atoms with Crippen LogP contribution < -0.4 is 11.1 Å². The van der Waals surface area contributed by atoms with Crippen LogP contribution in [-0.4, -0.2) is 102 Å². The van der Waals surface area contributed by atoms with Crippen LogP contribution in [0.1, 0.15) is 26.7 Å². The van der Waals surface area contributed by atoms with Crippen molar-refractivity contribution in [2.24, 2.45) is 35.3 Å². The molecule has 204 valence electrons. The van der Waals surface area contributed by atoms with E-state index >= 15 is 0 Å². The summed E-state index contributed by atoms with van der Waals surface area (Å²) in [5.41, 5.74) is 6.05. The van der Waals surface area contributed by atoms with Gasteiger partial charge in [-0.2, -0.15) is 0 Å². The molecule has 0 spiro atoms. The maximum absolute atomic E-state index is 13.2. The van der Waals surface area contributed by atoms with E-state index in [-0.39, 0.29) is 71.5 Å². The smallest absolute Gasteiger partial charge is 0.353 e. The summed E-state index contributed by atoms with van der Waals surface area (Å²) in [6.45, 7) is 5.89. The number of carbonyl (C=O) groups excluding carboxylic acids is 3. The van der Waals surface area contributed by atoms with Gasteiger partial charge in [0.2, 0.25) is 11.8 Å². The Morgan fingerprint density at radius 2 is 2.03 bits per heavy atom. The second-order valence-electron chi connectivity index (χ2n) is 11.3. The third-order valence-corrected chi connectivity index (χ3v) is 10.4. The van der Waals surface area contributed by atoms with Gasteiger partial charge in [0.1, 0.15) is 18.6 Å². The number of tetrazole rings is 1. The largest absolute Gasteiger partial charge is 0.477 e. The van der Waals surface area contributed by atoms with E-state index in [1.165, 1.54) is 27.7 Å². The molecule has 5 aliphatic rings. The van der Waals surface area contributed by atoms with Gasteiger partial charge in [0.25, 0.3) is 0 Å². The molecule has 38 heavy (non-hydrogen) atoms. The van der Waals surface area contributed by atoms with Gasteiger partial charge in [-0.3, -0.25) is 14.4 Å². The zero-order valence-corrected chi connectivity index (χ0v) is 22.1. The number of thioether (sulfide) groups is 1. The number of likely N-dealkylation sites (tertiary alicyclic amines) is 1. The predicted octanol–water partition coefficient (Wildman–Crippen LogP) is -1.08. The summed E-state index contributed by atoms with van der Waals surface area (Å²) < 4.78 is 1.34. The van der Waals surface area contributed by atoms with Crippen molar-refractivity contribution in [3.05, 3.63) is 16.9 Å². The van der Waals surface area contributed by atoms with Gasteiger partial charge in [-0.1, -0.05) is 13.8 Å². The molecule has 5 heterocycles. The highest BCUT2D eigenvalue weighted by atomic mass is 32.2. The molecule has 4 N–H and O–H groups in total. The molecule has 0 aromatic carbocycles. The van der Waals surface area contributed by atoms with Crippen LogP contribution in [0.2, 0.25) is 0 Å². The molecule has 0 radical (unpaired) electrons. The van der Waals surface area contributed by atoms with Crippen molar-refractivity contribution in [2.75, 3.05) is 19.6 Å². The first-order valence-corrected chi connectivity index (χ1v) is 14.0. The highest BCUT2D eigenvalue weighted by Crippen LogP contribution is 2.53. The van der Waals surface area contributed by atoms with Crippen LogP contribution in [0.25, 0.3) is 0 Å². The first-order valence-electron chi connectivity index (χ1n) is 13.1. The SMILES string of the molecule is C[C@@H](CC(=O)Cn1cnnn1)[C@H]1C(=O)N2C(C(=O)O)=C(S[C@@H]3CN[C@H](C(=O)N4CC5C(N)C5C4)C3)[C@H](C)[C@H]12. The average molecular weight is 545 g/mol. The van der Waals surface area contributed by atoms with Crippen molar-refractivity contribution >= 4 is 35.3 Å². The van der Waals surface area contributed by atoms with Gasteiger partial charge in [-0.15, -0.1) is 16.9 Å². The lowest BCUT2D eigenvalue weighted by Crippen LogP contribution is -2.62. The zero-order chi connectivity index (χ0) is 26.9. The van der Waals surface area contributed by atoms with Crippen molar-refractivity contribution in [1.29, 1.82) is 0 Å². The monoisotopic (exact) mass is 544 g/mol. The lowest BCUT2D eigenvalue weighted by Gasteiger charge is -2.47. The second-order valence-corrected chi connectivity index (χ2v) is 12.7. The summed E-state index contributed by atoms with van der Waals surface area (Å²) in [6, 6.07) is -0.350. The summed E-state index contributed by atoms with van der Waals surface area (Å²) in [7, 11) is 0. The summed E-state index contributed by atoms with van der Waals surface area (Å²) in [6.07, 6.45) is 2.15. The maximum Gasteiger partial charge on any atom is 0.353 e. The van der Waals surface area contributed by atoms with Crippen molar-refractivity contribution in [1.82, 2.24) is 35.3 Å². The number of aliphatic carboxylic acids is 1. The summed E-state index contributed by atoms with van der Waals surface area (Å²) >= 11 is 1.47. The van der Waals surface area contributed by atoms with E-state index in [9.17, 15) is 24.3 Å². The number of carboxylic acids is 1. The maximum atomic E-state index is 13.2. The fraction of sp³-hybridized carbons (Fsp3) is 0.708. The number of β-lactam (4-membered cyclic amide) rings is 1. The van der Waals surface area contributed by atoms with Gasteiger partial charge in [0.05, 0.1) is 18.0 Å². The van der Waals surface area contributed by atoms with Crippen LogP contribution in [0.5, 0.6) is 0 Å². The number of hydrogen-bond acceptors (Lipinski definition) is 10. The molecule has 0 bridgehead atoms. The van der Waals surface area contributed by atoms with Crippen LogP contribution in [0.4, 0.5) is 0 Å². The number of hydrogen-bond donors (Lipinski definition) is 3. The van der Waals surface area contributed by atoms with Crippen molar-refractivity contribution in [3.63, 3.8) is 0 Å². The van der Waals surface area contributed by atoms with Gasteiger partial charge in [-0.25, -0.2) is 9.48 Å². The molecule has 1 aromatic heterocycles. The molecule has 2 unspecified atom stereocenters. The van der Waals surface area contributed by atoms with Crippen LogP contribution >= 0.6 is 11.8 Å². The predicted molar refractivity (Wildman–Crippen MR) is 134 cm³/mol. The number of carbonyl (C=O) groups is 4. The minimum absolute atomic E-state index is 0.0256. The van der Waals surface area contributed by atoms with Crippen LogP contribution in [0.15, 0.2) is 16.9 Å². The number of rotatable bonds is 9. The number of ketones is 1. The van der Waals surface area contributed by atoms with Gasteiger partial charge in [0.15, 0.2) is 5.78 Å². The number of Topliss-reactive ketones (excluding diaryl/α,β-unsaturated/α-hetero) is 1. The number of nitrogens with one attached hydrogen (secondary N) is 1. The summed E-state index contributed by atoms with van der Waals surface area (Å²) in [5.74, 6) is -1.35. The van der Waals surface area contributed by atoms with E-state index in [2.05, 4.69) is 20.8 Å². The Morgan fingerprint density at radius 3 is 2.68 bits per heavy atom. The number of amides is 2. The minimum atomic E-state index is -1.12. The number of nitrogens with zero attached hydrogens (tertiary/aromatic N) is 6. The Morgan fingerprint density at radius 1 is 1.29 bits per heavy atom. The standard InChI is InChI=1S/C24H32N8O5S/c1-10(3-12(33)6-31-9-27-28-29-31)17-19-11(2)21(20(24(36)37)32(19)23(17)35)38-13-4-16(26-5-13)22(34)30-7-14-15(8-30)18(14)25/h9-11,13-19,26H,3-8,25H2,1-2H3,(H,36,37)/t10-,11+,13-,14?,15?,16-,17+,18?,19+/m0/s1. The van der Waals surface area contributed by atoms with E-state index in [4.69, 9.17) is 5.73 Å². The molecule has 4 fully saturated rings. The molecular formula is C24H32N8O5S. The number of carboxylic acid groups (broad SMARTS) is 1. The van der Waals surface area contributed by atoms with E-state index in [1.807, 2.05) is 18.7 Å². The van der Waals surface area contributed by atoms with Gasteiger partial charge in [0, 0.05) is 48.2 Å². The first-order chi connectivity index (χ1) is 18.2. The Kier molecular flexibility index (Phi) is 6.30. The Balaban J connectivity index is 1.09. The molecule has 3 saturated heterocycles. The van der Waals surface area contributed by atoms with Gasteiger partial charge in [-0.05, 0) is 34.6 Å². The molecule has 14 heteroatoms. The zero-order valence-electron chi connectivity index (χ0n) is 21.3. The second kappa shape index (κ2) is 9.42. The van der Waals surface area contributed by atoms with Gasteiger partial charge >= 0.3 is 5.97 Å². The normalized spacial score (nSPS) is 36.2. The molecule has 13 nitrogen and oxygen atoms in total. The molecule has 2 amide bonds. The van der Waals surface area contributed by atoms with E-state index in [1.54, 1.807) is 0 Å². The Bertz CT molecular complexity index is 1190. The number of aromatic nitrogens is 4. The Labute approximate surface area is 223 Å². The van der Waals surface area contributed by atoms with E-state index < -0.39 is 11.9 Å². The van der Waals surface area contributed by atoms with Crippen LogP contribution in [-0.2, 0) is 25.7 Å². The fourth-order valence-electron chi connectivity index (χ4n) is 6.88.